The molecule has 0 N–H and O–H groups in total. The van der Waals surface area contributed by atoms with E-state index in [9.17, 15) is 9.59 Å². The summed E-state index contributed by atoms with van der Waals surface area (Å²) in [5, 5.41) is 0. The van der Waals surface area contributed by atoms with Crippen molar-refractivity contribution in [1.29, 1.82) is 0 Å². The minimum Gasteiger partial charge on any atom is -0.475 e. The van der Waals surface area contributed by atoms with Crippen molar-refractivity contribution in [2.75, 3.05) is 7.11 Å². The van der Waals surface area contributed by atoms with Crippen molar-refractivity contribution in [1.82, 2.24) is 9.38 Å². The van der Waals surface area contributed by atoms with Gasteiger partial charge in [-0.1, -0.05) is 0 Å². The van der Waals surface area contributed by atoms with Gasteiger partial charge < -0.3 is 9.47 Å². The highest BCUT2D eigenvalue weighted by Gasteiger charge is 2.17. The SMILES string of the molecule is COC(=O)C(C)Oc1cccn2c(=O)cc(C)nc12. The van der Waals surface area contributed by atoms with Crippen LogP contribution >= 0.6 is 0 Å². The molecule has 19 heavy (non-hydrogen) atoms. The Morgan fingerprint density at radius 3 is 2.89 bits per heavy atom. The van der Waals surface area contributed by atoms with Gasteiger partial charge in [-0.15, -0.1) is 0 Å². The summed E-state index contributed by atoms with van der Waals surface area (Å²) in [6.45, 7) is 3.30. The lowest BCUT2D eigenvalue weighted by Crippen LogP contribution is -2.25. The molecule has 0 radical (unpaired) electrons. The van der Waals surface area contributed by atoms with Crippen molar-refractivity contribution < 1.29 is 14.3 Å². The number of hydrogen-bond donors (Lipinski definition) is 0. The molecular formula is C13H14N2O4. The van der Waals surface area contributed by atoms with Crippen molar-refractivity contribution in [3.8, 4) is 5.75 Å². The lowest BCUT2D eigenvalue weighted by Gasteiger charge is -2.14. The summed E-state index contributed by atoms with van der Waals surface area (Å²) in [6.07, 6.45) is 0.827. The van der Waals surface area contributed by atoms with Gasteiger partial charge in [-0.2, -0.15) is 0 Å². The van der Waals surface area contributed by atoms with Gasteiger partial charge in [0.1, 0.15) is 0 Å². The molecule has 0 bridgehead atoms. The van der Waals surface area contributed by atoms with Crippen molar-refractivity contribution in [2.24, 2.45) is 0 Å². The fourth-order valence-corrected chi connectivity index (χ4v) is 1.71. The van der Waals surface area contributed by atoms with E-state index in [-0.39, 0.29) is 5.56 Å². The fourth-order valence-electron chi connectivity index (χ4n) is 1.71. The van der Waals surface area contributed by atoms with E-state index in [1.807, 2.05) is 0 Å². The molecule has 2 heterocycles. The summed E-state index contributed by atoms with van der Waals surface area (Å²) in [5.41, 5.74) is 0.772. The number of pyridine rings is 1. The first-order valence-electron chi connectivity index (χ1n) is 5.76. The number of ether oxygens (including phenoxy) is 2. The molecule has 2 aromatic rings. The van der Waals surface area contributed by atoms with E-state index in [4.69, 9.17) is 4.74 Å². The van der Waals surface area contributed by atoms with Crippen LogP contribution in [-0.2, 0) is 9.53 Å². The lowest BCUT2D eigenvalue weighted by molar-refractivity contribution is -0.147. The van der Waals surface area contributed by atoms with Crippen LogP contribution in [0.25, 0.3) is 5.65 Å². The van der Waals surface area contributed by atoms with Crippen molar-refractivity contribution in [2.45, 2.75) is 20.0 Å². The Hall–Kier alpha value is -2.37. The number of esters is 1. The highest BCUT2D eigenvalue weighted by atomic mass is 16.6. The molecule has 0 aliphatic rings. The zero-order chi connectivity index (χ0) is 14.0. The Labute approximate surface area is 109 Å². The second-order valence-electron chi connectivity index (χ2n) is 4.09. The summed E-state index contributed by atoms with van der Waals surface area (Å²) in [6, 6.07) is 4.74. The number of carbonyl (C=O) groups excluding carboxylic acids is 1. The van der Waals surface area contributed by atoms with Gasteiger partial charge in [-0.3, -0.25) is 9.20 Å². The van der Waals surface area contributed by atoms with Gasteiger partial charge in [0.25, 0.3) is 5.56 Å². The molecule has 0 saturated carbocycles. The Morgan fingerprint density at radius 2 is 2.21 bits per heavy atom. The first-order valence-corrected chi connectivity index (χ1v) is 5.76. The number of rotatable bonds is 3. The van der Waals surface area contributed by atoms with E-state index in [0.29, 0.717) is 17.1 Å². The third kappa shape index (κ3) is 2.57. The quantitative estimate of drug-likeness (QED) is 0.770. The zero-order valence-corrected chi connectivity index (χ0v) is 10.9. The molecule has 0 amide bonds. The van der Waals surface area contributed by atoms with Gasteiger partial charge in [0, 0.05) is 18.0 Å². The first kappa shape index (κ1) is 13.1. The molecule has 0 spiro atoms. The standard InChI is InChI=1S/C13H14N2O4/c1-8-7-11(16)15-6-4-5-10(12(15)14-8)19-9(2)13(17)18-3/h4-7,9H,1-3H3. The zero-order valence-electron chi connectivity index (χ0n) is 10.9. The number of aryl methyl sites for hydroxylation is 1. The maximum absolute atomic E-state index is 11.8. The summed E-state index contributed by atoms with van der Waals surface area (Å²) in [7, 11) is 1.29. The number of fused-ring (bicyclic) bond motifs is 1. The van der Waals surface area contributed by atoms with Gasteiger partial charge in [0.15, 0.2) is 17.5 Å². The van der Waals surface area contributed by atoms with Crippen LogP contribution in [0.4, 0.5) is 0 Å². The predicted molar refractivity (Wildman–Crippen MR) is 68.3 cm³/mol. The summed E-state index contributed by atoms with van der Waals surface area (Å²) in [5.74, 6) is -0.127. The Bertz CT molecular complexity index is 678. The van der Waals surface area contributed by atoms with Gasteiger partial charge in [0.05, 0.1) is 7.11 Å². The van der Waals surface area contributed by atoms with E-state index >= 15 is 0 Å². The number of methoxy groups -OCH3 is 1. The third-order valence-electron chi connectivity index (χ3n) is 2.62. The third-order valence-corrected chi connectivity index (χ3v) is 2.62. The molecule has 0 aliphatic carbocycles. The fraction of sp³-hybridized carbons (Fsp3) is 0.308. The summed E-state index contributed by atoms with van der Waals surface area (Å²) in [4.78, 5) is 27.4. The van der Waals surface area contributed by atoms with E-state index in [1.165, 1.54) is 17.6 Å². The highest BCUT2D eigenvalue weighted by Crippen LogP contribution is 2.18. The molecule has 0 saturated heterocycles. The Kier molecular flexibility index (Phi) is 3.50. The molecule has 1 unspecified atom stereocenters. The van der Waals surface area contributed by atoms with E-state index in [2.05, 4.69) is 9.72 Å². The molecule has 0 fully saturated rings. The smallest absolute Gasteiger partial charge is 0.346 e. The largest absolute Gasteiger partial charge is 0.475 e. The Morgan fingerprint density at radius 1 is 1.47 bits per heavy atom. The van der Waals surface area contributed by atoms with Gasteiger partial charge in [0.2, 0.25) is 0 Å². The number of carbonyl (C=O) groups is 1. The van der Waals surface area contributed by atoms with Crippen molar-refractivity contribution in [3.05, 3.63) is 40.4 Å². The van der Waals surface area contributed by atoms with Gasteiger partial charge in [-0.05, 0) is 26.0 Å². The van der Waals surface area contributed by atoms with Crippen LogP contribution < -0.4 is 10.3 Å². The molecule has 6 heteroatoms. The van der Waals surface area contributed by atoms with Crippen LogP contribution in [0, 0.1) is 6.92 Å². The van der Waals surface area contributed by atoms with Crippen molar-refractivity contribution >= 4 is 11.6 Å². The average molecular weight is 262 g/mol. The van der Waals surface area contributed by atoms with E-state index < -0.39 is 12.1 Å². The maximum atomic E-state index is 11.8. The number of hydrogen-bond acceptors (Lipinski definition) is 5. The van der Waals surface area contributed by atoms with Crippen LogP contribution in [0.2, 0.25) is 0 Å². The topological polar surface area (TPSA) is 69.9 Å². The van der Waals surface area contributed by atoms with E-state index in [0.717, 1.165) is 0 Å². The minimum atomic E-state index is -0.770. The first-order chi connectivity index (χ1) is 9.02. The van der Waals surface area contributed by atoms with Crippen LogP contribution in [0.5, 0.6) is 5.75 Å². The second-order valence-corrected chi connectivity index (χ2v) is 4.09. The molecule has 1 atom stereocenters. The molecular weight excluding hydrogens is 248 g/mol. The average Bonchev–Trinajstić information content (AvgIpc) is 2.38. The van der Waals surface area contributed by atoms with E-state index in [1.54, 1.807) is 32.2 Å². The molecule has 2 aromatic heterocycles. The lowest BCUT2D eigenvalue weighted by atomic mass is 10.3. The summed E-state index contributed by atoms with van der Waals surface area (Å²) >= 11 is 0. The monoisotopic (exact) mass is 262 g/mol. The maximum Gasteiger partial charge on any atom is 0.346 e. The molecule has 100 valence electrons. The van der Waals surface area contributed by atoms with Crippen LogP contribution in [0.15, 0.2) is 29.2 Å². The van der Waals surface area contributed by atoms with Gasteiger partial charge >= 0.3 is 5.97 Å². The molecule has 2 rings (SSSR count). The second kappa shape index (κ2) is 5.09. The predicted octanol–water partition coefficient (Wildman–Crippen LogP) is 0.943. The van der Waals surface area contributed by atoms with Crippen molar-refractivity contribution in [3.63, 3.8) is 0 Å². The normalized spacial score (nSPS) is 12.2. The minimum absolute atomic E-state index is 0.196. The number of aromatic nitrogens is 2. The Balaban J connectivity index is 2.49. The molecule has 6 nitrogen and oxygen atoms in total. The summed E-state index contributed by atoms with van der Waals surface area (Å²) < 4.78 is 11.5. The molecule has 0 aliphatic heterocycles. The highest BCUT2D eigenvalue weighted by molar-refractivity contribution is 5.74. The number of nitrogens with zero attached hydrogens (tertiary/aromatic N) is 2. The molecule has 0 aromatic carbocycles. The van der Waals surface area contributed by atoms with Gasteiger partial charge in [-0.25, -0.2) is 9.78 Å². The van der Waals surface area contributed by atoms with Crippen LogP contribution in [-0.4, -0.2) is 28.6 Å². The van der Waals surface area contributed by atoms with Crippen LogP contribution in [0.3, 0.4) is 0 Å². The van der Waals surface area contributed by atoms with Crippen LogP contribution in [0.1, 0.15) is 12.6 Å².